The first-order valence-electron chi connectivity index (χ1n) is 6.49. The average Bonchev–Trinajstić information content (AvgIpc) is 2.89. The second kappa shape index (κ2) is 5.84. The largest absolute Gasteiger partial charge is 0.368 e. The Kier molecular flexibility index (Phi) is 4.16. The van der Waals surface area contributed by atoms with E-state index >= 15 is 0 Å². The summed E-state index contributed by atoms with van der Waals surface area (Å²) in [7, 11) is 0. The molecule has 5 heteroatoms. The molecule has 1 heterocycles. The van der Waals surface area contributed by atoms with Crippen LogP contribution in [0.5, 0.6) is 0 Å². The number of amides is 2. The van der Waals surface area contributed by atoms with E-state index < -0.39 is 11.9 Å². The van der Waals surface area contributed by atoms with E-state index in [4.69, 9.17) is 11.5 Å². The van der Waals surface area contributed by atoms with Crippen molar-refractivity contribution < 1.29 is 9.59 Å². The Morgan fingerprint density at radius 3 is 2.63 bits per heavy atom. The Morgan fingerprint density at radius 2 is 2.00 bits per heavy atom. The lowest BCUT2D eigenvalue weighted by Crippen LogP contribution is -2.44. The van der Waals surface area contributed by atoms with Crippen LogP contribution < -0.4 is 11.5 Å². The van der Waals surface area contributed by atoms with Crippen molar-refractivity contribution in [1.82, 2.24) is 4.90 Å². The van der Waals surface area contributed by atoms with E-state index in [0.717, 1.165) is 12.0 Å². The fraction of sp³-hybridized carbons (Fsp3) is 0.429. The summed E-state index contributed by atoms with van der Waals surface area (Å²) in [6.07, 6.45) is 1.68. The lowest BCUT2D eigenvalue weighted by molar-refractivity contribution is -0.137. The number of likely N-dealkylation sites (tertiary alicyclic amines) is 1. The molecule has 2 unspecified atom stereocenters. The minimum atomic E-state index is -0.463. The van der Waals surface area contributed by atoms with E-state index in [-0.39, 0.29) is 18.4 Å². The van der Waals surface area contributed by atoms with Crippen LogP contribution in [0.25, 0.3) is 0 Å². The molecule has 0 bridgehead atoms. The molecular formula is C14H19N3O2. The van der Waals surface area contributed by atoms with Crippen molar-refractivity contribution in [2.24, 2.45) is 11.5 Å². The average molecular weight is 261 g/mol. The van der Waals surface area contributed by atoms with E-state index in [1.807, 2.05) is 30.3 Å². The van der Waals surface area contributed by atoms with Gasteiger partial charge in [-0.2, -0.15) is 0 Å². The summed E-state index contributed by atoms with van der Waals surface area (Å²) < 4.78 is 0. The molecule has 19 heavy (non-hydrogen) atoms. The van der Waals surface area contributed by atoms with Gasteiger partial charge in [0.2, 0.25) is 11.8 Å². The highest BCUT2D eigenvalue weighted by atomic mass is 16.2. The van der Waals surface area contributed by atoms with Gasteiger partial charge in [-0.05, 0) is 18.4 Å². The molecule has 102 valence electrons. The van der Waals surface area contributed by atoms with Crippen molar-refractivity contribution in [3.8, 4) is 0 Å². The van der Waals surface area contributed by atoms with Crippen molar-refractivity contribution >= 4 is 11.8 Å². The highest BCUT2D eigenvalue weighted by Crippen LogP contribution is 2.21. The number of hydrogen-bond donors (Lipinski definition) is 2. The number of primary amides is 1. The second-order valence-corrected chi connectivity index (χ2v) is 4.87. The Morgan fingerprint density at radius 1 is 1.32 bits per heavy atom. The molecule has 5 nitrogen and oxygen atoms in total. The van der Waals surface area contributed by atoms with Crippen molar-refractivity contribution in [2.75, 3.05) is 6.54 Å². The van der Waals surface area contributed by atoms with Crippen LogP contribution in [0, 0.1) is 0 Å². The summed E-state index contributed by atoms with van der Waals surface area (Å²) in [5.41, 5.74) is 12.2. The molecular weight excluding hydrogens is 242 g/mol. The summed E-state index contributed by atoms with van der Waals surface area (Å²) in [5.74, 6) is -0.531. The van der Waals surface area contributed by atoms with Crippen LogP contribution in [0.1, 0.15) is 30.9 Å². The number of hydrogen-bond acceptors (Lipinski definition) is 3. The molecule has 0 aliphatic carbocycles. The van der Waals surface area contributed by atoms with Crippen molar-refractivity contribution in [3.63, 3.8) is 0 Å². The van der Waals surface area contributed by atoms with Gasteiger partial charge in [-0.15, -0.1) is 0 Å². The molecule has 1 saturated heterocycles. The molecule has 2 rings (SSSR count). The topological polar surface area (TPSA) is 89.4 Å². The first-order chi connectivity index (χ1) is 9.09. The lowest BCUT2D eigenvalue weighted by atomic mass is 10.0. The SMILES string of the molecule is NC(=O)C1CCCN1C(=O)CC(N)c1ccccc1. The number of nitrogens with zero attached hydrogens (tertiary/aromatic N) is 1. The highest BCUT2D eigenvalue weighted by molar-refractivity contribution is 5.87. The third-order valence-corrected chi connectivity index (χ3v) is 3.52. The van der Waals surface area contributed by atoms with Crippen LogP contribution in [0.4, 0.5) is 0 Å². The van der Waals surface area contributed by atoms with E-state index in [9.17, 15) is 9.59 Å². The van der Waals surface area contributed by atoms with E-state index in [0.29, 0.717) is 13.0 Å². The fourth-order valence-corrected chi connectivity index (χ4v) is 2.48. The third-order valence-electron chi connectivity index (χ3n) is 3.52. The number of carbonyl (C=O) groups is 2. The first-order valence-corrected chi connectivity index (χ1v) is 6.49. The molecule has 2 atom stereocenters. The van der Waals surface area contributed by atoms with Gasteiger partial charge in [0.1, 0.15) is 6.04 Å². The quantitative estimate of drug-likeness (QED) is 0.829. The number of rotatable bonds is 4. The predicted molar refractivity (Wildman–Crippen MR) is 71.9 cm³/mol. The highest BCUT2D eigenvalue weighted by Gasteiger charge is 2.33. The molecule has 1 aliphatic heterocycles. The van der Waals surface area contributed by atoms with Crippen LogP contribution in [0.2, 0.25) is 0 Å². The van der Waals surface area contributed by atoms with Crippen LogP contribution in [-0.4, -0.2) is 29.3 Å². The van der Waals surface area contributed by atoms with Crippen molar-refractivity contribution in [1.29, 1.82) is 0 Å². The van der Waals surface area contributed by atoms with Crippen LogP contribution in [0.15, 0.2) is 30.3 Å². The van der Waals surface area contributed by atoms with Gasteiger partial charge in [-0.1, -0.05) is 30.3 Å². The zero-order chi connectivity index (χ0) is 13.8. The van der Waals surface area contributed by atoms with Gasteiger partial charge in [-0.3, -0.25) is 9.59 Å². The molecule has 0 saturated carbocycles. The minimum Gasteiger partial charge on any atom is -0.368 e. The van der Waals surface area contributed by atoms with Crippen molar-refractivity contribution in [2.45, 2.75) is 31.3 Å². The monoisotopic (exact) mass is 261 g/mol. The van der Waals surface area contributed by atoms with E-state index in [1.165, 1.54) is 0 Å². The van der Waals surface area contributed by atoms with Gasteiger partial charge in [0, 0.05) is 19.0 Å². The Bertz CT molecular complexity index is 461. The Balaban J connectivity index is 1.99. The van der Waals surface area contributed by atoms with Gasteiger partial charge in [0.25, 0.3) is 0 Å². The maximum Gasteiger partial charge on any atom is 0.240 e. The molecule has 0 aromatic heterocycles. The normalized spacial score (nSPS) is 20.3. The molecule has 0 radical (unpaired) electrons. The van der Waals surface area contributed by atoms with Crippen LogP contribution in [0.3, 0.4) is 0 Å². The van der Waals surface area contributed by atoms with Gasteiger partial charge < -0.3 is 16.4 Å². The summed E-state index contributed by atoms with van der Waals surface area (Å²) in [5, 5.41) is 0. The summed E-state index contributed by atoms with van der Waals surface area (Å²) in [6.45, 7) is 0.591. The van der Waals surface area contributed by atoms with E-state index in [1.54, 1.807) is 4.90 Å². The van der Waals surface area contributed by atoms with Gasteiger partial charge in [0.05, 0.1) is 0 Å². The molecule has 4 N–H and O–H groups in total. The minimum absolute atomic E-state index is 0.0994. The maximum absolute atomic E-state index is 12.2. The van der Waals surface area contributed by atoms with E-state index in [2.05, 4.69) is 0 Å². The summed E-state index contributed by atoms with van der Waals surface area (Å²) in [6, 6.07) is 8.67. The number of nitrogens with two attached hydrogens (primary N) is 2. The molecule has 0 spiro atoms. The lowest BCUT2D eigenvalue weighted by Gasteiger charge is -2.23. The zero-order valence-electron chi connectivity index (χ0n) is 10.8. The first kappa shape index (κ1) is 13.5. The predicted octanol–water partition coefficient (Wildman–Crippen LogP) is 0.553. The van der Waals surface area contributed by atoms with Gasteiger partial charge in [0.15, 0.2) is 0 Å². The van der Waals surface area contributed by atoms with Crippen LogP contribution >= 0.6 is 0 Å². The number of benzene rings is 1. The zero-order valence-corrected chi connectivity index (χ0v) is 10.8. The fourth-order valence-electron chi connectivity index (χ4n) is 2.48. The molecule has 1 aromatic carbocycles. The van der Waals surface area contributed by atoms with Gasteiger partial charge in [-0.25, -0.2) is 0 Å². The van der Waals surface area contributed by atoms with Gasteiger partial charge >= 0.3 is 0 Å². The van der Waals surface area contributed by atoms with Crippen molar-refractivity contribution in [3.05, 3.63) is 35.9 Å². The summed E-state index contributed by atoms with van der Waals surface area (Å²) >= 11 is 0. The Labute approximate surface area is 112 Å². The molecule has 1 fully saturated rings. The van der Waals surface area contributed by atoms with Crippen LogP contribution in [-0.2, 0) is 9.59 Å². The standard InChI is InChI=1S/C14H19N3O2/c15-11(10-5-2-1-3-6-10)9-13(18)17-8-4-7-12(17)14(16)19/h1-3,5-6,11-12H,4,7-9,15H2,(H2,16,19). The molecule has 1 aromatic rings. The molecule has 1 aliphatic rings. The maximum atomic E-state index is 12.2. The summed E-state index contributed by atoms with van der Waals surface area (Å²) in [4.78, 5) is 25.0. The third kappa shape index (κ3) is 3.12. The second-order valence-electron chi connectivity index (χ2n) is 4.87. The molecule has 2 amide bonds. The smallest absolute Gasteiger partial charge is 0.240 e. The Hall–Kier alpha value is -1.88. The number of carbonyl (C=O) groups excluding carboxylic acids is 2.